The molecule has 5 nitrogen and oxygen atoms in total. The lowest BCUT2D eigenvalue weighted by Gasteiger charge is -2.15. The third-order valence-corrected chi connectivity index (χ3v) is 7.77. The van der Waals surface area contributed by atoms with Crippen molar-refractivity contribution in [2.75, 3.05) is 5.75 Å². The van der Waals surface area contributed by atoms with Crippen LogP contribution in [0.5, 0.6) is 0 Å². The average molecular weight is 469 g/mol. The Morgan fingerprint density at radius 3 is 2.38 bits per heavy atom. The predicted octanol–water partition coefficient (Wildman–Crippen LogP) is 4.94. The SMILES string of the molecule is CC[C@@H]1N=C(c2ccc(Cl)cc2)c2ccc(CS(=O)(=O)CC)cc2-c2cn(C)c(=O)cc21. The van der Waals surface area contributed by atoms with Gasteiger partial charge in [0.1, 0.15) is 0 Å². The quantitative estimate of drug-likeness (QED) is 0.532. The summed E-state index contributed by atoms with van der Waals surface area (Å²) in [5.74, 6) is 0.0626. The van der Waals surface area contributed by atoms with Crippen LogP contribution in [0.2, 0.25) is 5.02 Å². The van der Waals surface area contributed by atoms with E-state index in [1.807, 2.05) is 55.6 Å². The molecule has 0 spiro atoms. The highest BCUT2D eigenvalue weighted by Crippen LogP contribution is 2.39. The minimum atomic E-state index is -3.19. The lowest BCUT2D eigenvalue weighted by atomic mass is 9.90. The zero-order chi connectivity index (χ0) is 23.0. The molecule has 0 saturated heterocycles. The van der Waals surface area contributed by atoms with Crippen LogP contribution in [0.1, 0.15) is 48.6 Å². The minimum Gasteiger partial charge on any atom is -0.318 e. The van der Waals surface area contributed by atoms with E-state index in [2.05, 4.69) is 0 Å². The fourth-order valence-corrected chi connectivity index (χ4v) is 5.07. The molecule has 7 heteroatoms. The summed E-state index contributed by atoms with van der Waals surface area (Å²) in [4.78, 5) is 17.6. The number of fused-ring (bicyclic) bond motifs is 3. The zero-order valence-corrected chi connectivity index (χ0v) is 19.9. The number of hydrogen-bond acceptors (Lipinski definition) is 4. The van der Waals surface area contributed by atoms with Gasteiger partial charge in [0, 0.05) is 46.8 Å². The minimum absolute atomic E-state index is 0.0253. The van der Waals surface area contributed by atoms with Crippen molar-refractivity contribution >= 4 is 27.1 Å². The number of sulfone groups is 1. The zero-order valence-electron chi connectivity index (χ0n) is 18.3. The molecule has 0 bridgehead atoms. The summed E-state index contributed by atoms with van der Waals surface area (Å²) in [6.07, 6.45) is 2.56. The largest absolute Gasteiger partial charge is 0.318 e. The van der Waals surface area contributed by atoms with Gasteiger partial charge in [0.2, 0.25) is 0 Å². The van der Waals surface area contributed by atoms with Crippen LogP contribution >= 0.6 is 11.6 Å². The van der Waals surface area contributed by atoms with E-state index < -0.39 is 9.84 Å². The molecule has 0 fully saturated rings. The Morgan fingerprint density at radius 1 is 1.00 bits per heavy atom. The standard InChI is InChI=1S/C25H25ClN2O3S/c1-4-23-21-13-24(29)28(3)14-22(21)20-12-16(15-32(30,31)5-2)6-11-19(20)25(27-23)17-7-9-18(26)10-8-17/h6-14,23H,4-5,15H2,1-3H3/t23-/m0/s1. The van der Waals surface area contributed by atoms with E-state index in [0.717, 1.165) is 45.5 Å². The molecule has 2 heterocycles. The Labute approximate surface area is 193 Å². The summed E-state index contributed by atoms with van der Waals surface area (Å²) in [5, 5.41) is 0.640. The molecule has 1 aromatic heterocycles. The number of nitrogens with zero attached hydrogens (tertiary/aromatic N) is 2. The van der Waals surface area contributed by atoms with E-state index in [1.165, 1.54) is 0 Å². The number of aliphatic imine (C=N–C) groups is 1. The summed E-state index contributed by atoms with van der Waals surface area (Å²) in [5.41, 5.74) is 5.88. The van der Waals surface area contributed by atoms with Crippen LogP contribution in [0, 0.1) is 0 Å². The van der Waals surface area contributed by atoms with E-state index in [-0.39, 0.29) is 23.1 Å². The Balaban J connectivity index is 2.02. The molecule has 0 N–H and O–H groups in total. The van der Waals surface area contributed by atoms with E-state index in [0.29, 0.717) is 5.02 Å². The van der Waals surface area contributed by atoms with Crippen LogP contribution in [0.4, 0.5) is 0 Å². The van der Waals surface area contributed by atoms with E-state index in [9.17, 15) is 13.2 Å². The lowest BCUT2D eigenvalue weighted by Crippen LogP contribution is -2.17. The van der Waals surface area contributed by atoms with Crippen LogP contribution in [-0.4, -0.2) is 24.4 Å². The number of rotatable bonds is 5. The molecule has 32 heavy (non-hydrogen) atoms. The van der Waals surface area contributed by atoms with Crippen LogP contribution in [0.15, 0.2) is 64.5 Å². The number of benzene rings is 2. The third-order valence-electron chi connectivity index (χ3n) is 5.86. The predicted molar refractivity (Wildman–Crippen MR) is 130 cm³/mol. The highest BCUT2D eigenvalue weighted by Gasteiger charge is 2.26. The molecule has 1 atom stereocenters. The van der Waals surface area contributed by atoms with Crippen molar-refractivity contribution in [3.8, 4) is 11.1 Å². The molecule has 0 radical (unpaired) electrons. The van der Waals surface area contributed by atoms with Crippen molar-refractivity contribution in [1.82, 2.24) is 4.57 Å². The molecular formula is C25H25ClN2O3S. The van der Waals surface area contributed by atoms with Crippen molar-refractivity contribution in [2.45, 2.75) is 32.1 Å². The first-order chi connectivity index (χ1) is 15.2. The van der Waals surface area contributed by atoms with E-state index in [4.69, 9.17) is 16.6 Å². The van der Waals surface area contributed by atoms with Crippen molar-refractivity contribution in [2.24, 2.45) is 12.0 Å². The van der Waals surface area contributed by atoms with Gasteiger partial charge in [0.15, 0.2) is 9.84 Å². The van der Waals surface area contributed by atoms with Gasteiger partial charge in [0.25, 0.3) is 5.56 Å². The van der Waals surface area contributed by atoms with Crippen molar-refractivity contribution in [3.63, 3.8) is 0 Å². The van der Waals surface area contributed by atoms with Crippen LogP contribution in [0.3, 0.4) is 0 Å². The molecule has 1 aliphatic heterocycles. The summed E-state index contributed by atoms with van der Waals surface area (Å²) in [6.45, 7) is 3.70. The molecule has 0 saturated carbocycles. The Hall–Kier alpha value is -2.70. The molecule has 2 aromatic carbocycles. The number of pyridine rings is 1. The van der Waals surface area contributed by atoms with Gasteiger partial charge < -0.3 is 4.57 Å². The van der Waals surface area contributed by atoms with Crippen molar-refractivity contribution in [3.05, 3.63) is 92.4 Å². The van der Waals surface area contributed by atoms with Gasteiger partial charge in [-0.15, -0.1) is 0 Å². The Bertz CT molecular complexity index is 1370. The Kier molecular flexibility index (Phi) is 6.10. The lowest BCUT2D eigenvalue weighted by molar-refractivity contribution is 0.596. The normalized spacial score (nSPS) is 15.5. The highest BCUT2D eigenvalue weighted by atomic mass is 35.5. The summed E-state index contributed by atoms with van der Waals surface area (Å²) >= 11 is 6.11. The smallest absolute Gasteiger partial charge is 0.250 e. The van der Waals surface area contributed by atoms with Gasteiger partial charge in [-0.05, 0) is 41.3 Å². The number of aromatic nitrogens is 1. The maximum absolute atomic E-state index is 12.5. The molecule has 0 unspecified atom stereocenters. The number of hydrogen-bond donors (Lipinski definition) is 0. The van der Waals surface area contributed by atoms with Gasteiger partial charge in [-0.1, -0.05) is 49.7 Å². The topological polar surface area (TPSA) is 68.5 Å². The molecule has 4 rings (SSSR count). The number of aryl methyl sites for hydroxylation is 1. The second kappa shape index (κ2) is 8.68. The molecule has 166 valence electrons. The monoisotopic (exact) mass is 468 g/mol. The van der Waals surface area contributed by atoms with Crippen LogP contribution in [0.25, 0.3) is 11.1 Å². The first-order valence-corrected chi connectivity index (χ1v) is 12.8. The summed E-state index contributed by atoms with van der Waals surface area (Å²) < 4.78 is 26.1. The number of halogens is 1. The van der Waals surface area contributed by atoms with Crippen molar-refractivity contribution < 1.29 is 8.42 Å². The van der Waals surface area contributed by atoms with Gasteiger partial charge >= 0.3 is 0 Å². The molecule has 0 aliphatic carbocycles. The van der Waals surface area contributed by atoms with Gasteiger partial charge in [0.05, 0.1) is 17.5 Å². The molecule has 3 aromatic rings. The van der Waals surface area contributed by atoms with Gasteiger partial charge in [-0.2, -0.15) is 0 Å². The second-order valence-corrected chi connectivity index (χ2v) is 10.8. The summed E-state index contributed by atoms with van der Waals surface area (Å²) in [6, 6.07) is 14.7. The van der Waals surface area contributed by atoms with Crippen LogP contribution in [-0.2, 0) is 22.6 Å². The average Bonchev–Trinajstić information content (AvgIpc) is 2.89. The van der Waals surface area contributed by atoms with Gasteiger partial charge in [-0.3, -0.25) is 9.79 Å². The second-order valence-electron chi connectivity index (χ2n) is 8.06. The maximum atomic E-state index is 12.5. The fraction of sp³-hybridized carbons (Fsp3) is 0.280. The Morgan fingerprint density at radius 2 is 1.72 bits per heavy atom. The third kappa shape index (κ3) is 4.30. The first-order valence-electron chi connectivity index (χ1n) is 10.6. The van der Waals surface area contributed by atoms with Crippen LogP contribution < -0.4 is 5.56 Å². The maximum Gasteiger partial charge on any atom is 0.250 e. The first kappa shape index (κ1) is 22.5. The molecular weight excluding hydrogens is 444 g/mol. The van der Waals surface area contributed by atoms with Crippen molar-refractivity contribution in [1.29, 1.82) is 0 Å². The van der Waals surface area contributed by atoms with E-state index in [1.54, 1.807) is 24.6 Å². The highest BCUT2D eigenvalue weighted by molar-refractivity contribution is 7.90. The fourth-order valence-electron chi connectivity index (χ4n) is 4.06. The molecule has 0 amide bonds. The summed E-state index contributed by atoms with van der Waals surface area (Å²) in [7, 11) is -1.46. The molecule has 1 aliphatic rings. The van der Waals surface area contributed by atoms with E-state index >= 15 is 0 Å². The van der Waals surface area contributed by atoms with Gasteiger partial charge in [-0.25, -0.2) is 8.42 Å².